The second-order valence-electron chi connectivity index (χ2n) is 4.13. The van der Waals surface area contributed by atoms with Crippen LogP contribution in [0, 0.1) is 5.92 Å². The second-order valence-corrected chi connectivity index (χ2v) is 4.75. The van der Waals surface area contributed by atoms with Crippen molar-refractivity contribution in [3.05, 3.63) is 0 Å². The van der Waals surface area contributed by atoms with Crippen molar-refractivity contribution in [2.45, 2.75) is 43.6 Å². The van der Waals surface area contributed by atoms with E-state index in [2.05, 4.69) is 6.92 Å². The second kappa shape index (κ2) is 2.63. The van der Waals surface area contributed by atoms with Crippen LogP contribution in [-0.2, 0) is 4.74 Å². The van der Waals surface area contributed by atoms with E-state index in [1.807, 2.05) is 0 Å². The van der Waals surface area contributed by atoms with Crippen LogP contribution in [0.2, 0.25) is 0 Å². The molecule has 1 spiro atoms. The Labute approximate surface area is 73.1 Å². The molecule has 1 heterocycles. The Morgan fingerprint density at radius 2 is 2.09 bits per heavy atom. The Morgan fingerprint density at radius 3 is 2.64 bits per heavy atom. The molecule has 1 saturated heterocycles. The topological polar surface area (TPSA) is 9.23 Å². The van der Waals surface area contributed by atoms with Gasteiger partial charge >= 0.3 is 0 Å². The van der Waals surface area contributed by atoms with Crippen molar-refractivity contribution in [1.29, 1.82) is 0 Å². The van der Waals surface area contributed by atoms with Gasteiger partial charge in [0.05, 0.1) is 5.60 Å². The van der Waals surface area contributed by atoms with Gasteiger partial charge < -0.3 is 4.74 Å². The molecular formula is C9H15ClO. The molecular weight excluding hydrogens is 160 g/mol. The van der Waals surface area contributed by atoms with E-state index in [4.69, 9.17) is 16.3 Å². The van der Waals surface area contributed by atoms with Gasteiger partial charge in [0.15, 0.2) is 0 Å². The van der Waals surface area contributed by atoms with E-state index in [1.54, 1.807) is 0 Å². The molecule has 1 saturated carbocycles. The highest BCUT2D eigenvalue weighted by Gasteiger charge is 2.46. The van der Waals surface area contributed by atoms with Crippen LogP contribution in [0.3, 0.4) is 0 Å². The highest BCUT2D eigenvalue weighted by atomic mass is 35.5. The Kier molecular flexibility index (Phi) is 1.89. The minimum atomic E-state index is 0.212. The van der Waals surface area contributed by atoms with Crippen molar-refractivity contribution in [2.24, 2.45) is 5.92 Å². The molecule has 0 N–H and O–H groups in total. The van der Waals surface area contributed by atoms with E-state index in [-0.39, 0.29) is 5.60 Å². The molecule has 2 heteroatoms. The van der Waals surface area contributed by atoms with Gasteiger partial charge in [-0.1, -0.05) is 6.92 Å². The monoisotopic (exact) mass is 174 g/mol. The molecule has 1 atom stereocenters. The number of hydrogen-bond donors (Lipinski definition) is 0. The minimum Gasteiger partial charge on any atom is -0.375 e. The van der Waals surface area contributed by atoms with Crippen LogP contribution in [0.5, 0.6) is 0 Å². The fraction of sp³-hybridized carbons (Fsp3) is 1.00. The highest BCUT2D eigenvalue weighted by molar-refractivity contribution is 6.20. The molecule has 11 heavy (non-hydrogen) atoms. The lowest BCUT2D eigenvalue weighted by Gasteiger charge is -2.49. The first-order valence-electron chi connectivity index (χ1n) is 4.48. The molecule has 0 amide bonds. The molecule has 1 unspecified atom stereocenters. The van der Waals surface area contributed by atoms with E-state index >= 15 is 0 Å². The lowest BCUT2D eigenvalue weighted by molar-refractivity contribution is -0.148. The van der Waals surface area contributed by atoms with Crippen molar-refractivity contribution < 1.29 is 4.74 Å². The van der Waals surface area contributed by atoms with E-state index in [9.17, 15) is 0 Å². The lowest BCUT2D eigenvalue weighted by Crippen LogP contribution is -2.49. The summed E-state index contributed by atoms with van der Waals surface area (Å²) < 4.78 is 5.76. The molecule has 0 aromatic heterocycles. The Bertz CT molecular complexity index is 146. The molecule has 2 fully saturated rings. The standard InChI is InChI=1S/C9H15ClO/c1-7-4-9(5-7)6-8(10)2-3-11-9/h7-8H,2-6H2,1H3. The van der Waals surface area contributed by atoms with E-state index in [0.29, 0.717) is 5.38 Å². The zero-order valence-corrected chi connectivity index (χ0v) is 7.73. The van der Waals surface area contributed by atoms with Crippen molar-refractivity contribution in [3.8, 4) is 0 Å². The smallest absolute Gasteiger partial charge is 0.0701 e. The molecule has 2 aliphatic rings. The van der Waals surface area contributed by atoms with E-state index < -0.39 is 0 Å². The predicted octanol–water partition coefficient (Wildman–Crippen LogP) is 2.57. The largest absolute Gasteiger partial charge is 0.375 e. The van der Waals surface area contributed by atoms with Crippen LogP contribution >= 0.6 is 11.6 Å². The molecule has 1 aliphatic heterocycles. The molecule has 64 valence electrons. The van der Waals surface area contributed by atoms with Crippen molar-refractivity contribution >= 4 is 11.6 Å². The van der Waals surface area contributed by atoms with Crippen LogP contribution in [0.4, 0.5) is 0 Å². The Morgan fingerprint density at radius 1 is 1.36 bits per heavy atom. The SMILES string of the molecule is CC1CC2(C1)CC(Cl)CCO2. The summed E-state index contributed by atoms with van der Waals surface area (Å²) in [6.07, 6.45) is 4.59. The van der Waals surface area contributed by atoms with Crippen LogP contribution in [0.15, 0.2) is 0 Å². The number of hydrogen-bond acceptors (Lipinski definition) is 1. The van der Waals surface area contributed by atoms with Crippen LogP contribution in [0.25, 0.3) is 0 Å². The molecule has 0 aromatic carbocycles. The maximum atomic E-state index is 6.08. The Balaban J connectivity index is 1.93. The van der Waals surface area contributed by atoms with Gasteiger partial charge in [0.2, 0.25) is 0 Å². The Hall–Kier alpha value is 0.250. The average molecular weight is 175 g/mol. The summed E-state index contributed by atoms with van der Waals surface area (Å²) in [7, 11) is 0. The van der Waals surface area contributed by atoms with Gasteiger partial charge in [-0.25, -0.2) is 0 Å². The minimum absolute atomic E-state index is 0.212. The average Bonchev–Trinajstić information content (AvgIpc) is 1.84. The van der Waals surface area contributed by atoms with Crippen molar-refractivity contribution in [3.63, 3.8) is 0 Å². The zero-order chi connectivity index (χ0) is 7.90. The van der Waals surface area contributed by atoms with Gasteiger partial charge in [-0.15, -0.1) is 11.6 Å². The number of alkyl halides is 1. The normalized spacial score (nSPS) is 50.7. The van der Waals surface area contributed by atoms with Gasteiger partial charge in [-0.05, 0) is 31.6 Å². The third kappa shape index (κ3) is 1.41. The maximum absolute atomic E-state index is 6.08. The molecule has 1 nitrogen and oxygen atoms in total. The van der Waals surface area contributed by atoms with E-state index in [1.165, 1.54) is 12.8 Å². The summed E-state index contributed by atoms with van der Waals surface area (Å²) in [5.41, 5.74) is 0.212. The number of ether oxygens (including phenoxy) is 1. The molecule has 0 aromatic rings. The molecule has 0 radical (unpaired) electrons. The van der Waals surface area contributed by atoms with Crippen molar-refractivity contribution in [2.75, 3.05) is 6.61 Å². The molecule has 2 rings (SSSR count). The summed E-state index contributed by atoms with van der Waals surface area (Å²) in [6.45, 7) is 3.16. The summed E-state index contributed by atoms with van der Waals surface area (Å²) in [5, 5.41) is 0.372. The third-order valence-corrected chi connectivity index (χ3v) is 3.25. The van der Waals surface area contributed by atoms with Gasteiger partial charge in [-0.3, -0.25) is 0 Å². The van der Waals surface area contributed by atoms with Gasteiger partial charge in [-0.2, -0.15) is 0 Å². The van der Waals surface area contributed by atoms with Gasteiger partial charge in [0.1, 0.15) is 0 Å². The first kappa shape index (κ1) is 7.88. The van der Waals surface area contributed by atoms with Gasteiger partial charge in [0.25, 0.3) is 0 Å². The fourth-order valence-electron chi connectivity index (χ4n) is 2.46. The maximum Gasteiger partial charge on any atom is 0.0701 e. The molecule has 1 aliphatic carbocycles. The summed E-state index contributed by atoms with van der Waals surface area (Å²) in [5.74, 6) is 0.858. The van der Waals surface area contributed by atoms with Gasteiger partial charge in [0, 0.05) is 12.0 Å². The fourth-order valence-corrected chi connectivity index (χ4v) is 2.83. The van der Waals surface area contributed by atoms with Crippen molar-refractivity contribution in [1.82, 2.24) is 0 Å². The molecule has 0 bridgehead atoms. The summed E-state index contributed by atoms with van der Waals surface area (Å²) in [4.78, 5) is 0. The number of halogens is 1. The summed E-state index contributed by atoms with van der Waals surface area (Å²) in [6, 6.07) is 0. The number of rotatable bonds is 0. The van der Waals surface area contributed by atoms with Crippen LogP contribution in [-0.4, -0.2) is 17.6 Å². The lowest BCUT2D eigenvalue weighted by atomic mass is 9.68. The highest BCUT2D eigenvalue weighted by Crippen LogP contribution is 2.46. The quantitative estimate of drug-likeness (QED) is 0.513. The van der Waals surface area contributed by atoms with Crippen LogP contribution in [0.1, 0.15) is 32.6 Å². The van der Waals surface area contributed by atoms with Crippen LogP contribution < -0.4 is 0 Å². The predicted molar refractivity (Wildman–Crippen MR) is 46.0 cm³/mol. The van der Waals surface area contributed by atoms with E-state index in [0.717, 1.165) is 25.4 Å². The first-order chi connectivity index (χ1) is 5.20. The zero-order valence-electron chi connectivity index (χ0n) is 6.98. The summed E-state index contributed by atoms with van der Waals surface area (Å²) >= 11 is 6.08. The first-order valence-corrected chi connectivity index (χ1v) is 4.92. The third-order valence-electron chi connectivity index (χ3n) is 2.87.